The van der Waals surface area contributed by atoms with E-state index < -0.39 is 0 Å². The van der Waals surface area contributed by atoms with E-state index in [0.717, 1.165) is 19.4 Å². The number of aliphatic hydroxyl groups excluding tert-OH is 1. The molecular formula is C10H21NO. The van der Waals surface area contributed by atoms with Gasteiger partial charge in [-0.2, -0.15) is 0 Å². The van der Waals surface area contributed by atoms with Crippen LogP contribution in [0.15, 0.2) is 0 Å². The zero-order valence-electron chi connectivity index (χ0n) is 8.10. The maximum Gasteiger partial charge on any atom is 0.0431 e. The Labute approximate surface area is 75.4 Å². The predicted octanol–water partition coefficient (Wildman–Crippen LogP) is 1.54. The summed E-state index contributed by atoms with van der Waals surface area (Å²) in [4.78, 5) is 0. The normalized spacial score (nSPS) is 19.5. The fourth-order valence-electron chi connectivity index (χ4n) is 1.55. The third-order valence-corrected chi connectivity index (χ3v) is 2.97. The van der Waals surface area contributed by atoms with Crippen LogP contribution >= 0.6 is 0 Å². The lowest BCUT2D eigenvalue weighted by Crippen LogP contribution is -2.24. The lowest BCUT2D eigenvalue weighted by molar-refractivity contribution is 0.282. The average molecular weight is 171 g/mol. The molecule has 2 N–H and O–H groups in total. The van der Waals surface area contributed by atoms with Crippen LogP contribution in [0.25, 0.3) is 0 Å². The fraction of sp³-hybridized carbons (Fsp3) is 1.00. The molecule has 0 heterocycles. The second-order valence-electron chi connectivity index (χ2n) is 3.96. The maximum atomic E-state index is 8.56. The summed E-state index contributed by atoms with van der Waals surface area (Å²) in [6.07, 6.45) is 6.19. The van der Waals surface area contributed by atoms with Crippen molar-refractivity contribution in [3.05, 3.63) is 0 Å². The van der Waals surface area contributed by atoms with Crippen LogP contribution in [0.2, 0.25) is 0 Å². The van der Waals surface area contributed by atoms with Gasteiger partial charge in [0.25, 0.3) is 0 Å². The van der Waals surface area contributed by atoms with E-state index in [1.165, 1.54) is 25.8 Å². The number of hydrogen-bond donors (Lipinski definition) is 2. The lowest BCUT2D eigenvalue weighted by Gasteiger charge is -2.12. The molecule has 1 aliphatic rings. The minimum atomic E-state index is 0.334. The van der Waals surface area contributed by atoms with Gasteiger partial charge in [0.05, 0.1) is 0 Å². The number of rotatable bonds is 7. The highest BCUT2D eigenvalue weighted by Gasteiger charge is 2.39. The summed E-state index contributed by atoms with van der Waals surface area (Å²) < 4.78 is 0. The topological polar surface area (TPSA) is 32.3 Å². The first-order chi connectivity index (χ1) is 5.83. The van der Waals surface area contributed by atoms with Gasteiger partial charge < -0.3 is 10.4 Å². The van der Waals surface area contributed by atoms with Crippen LogP contribution < -0.4 is 5.32 Å². The van der Waals surface area contributed by atoms with Crippen LogP contribution in [-0.2, 0) is 0 Å². The van der Waals surface area contributed by atoms with Crippen molar-refractivity contribution < 1.29 is 5.11 Å². The van der Waals surface area contributed by atoms with Crippen molar-refractivity contribution in [3.63, 3.8) is 0 Å². The Hall–Kier alpha value is -0.0800. The largest absolute Gasteiger partial charge is 0.396 e. The molecule has 0 aliphatic heterocycles. The average Bonchev–Trinajstić information content (AvgIpc) is 2.85. The van der Waals surface area contributed by atoms with Crippen molar-refractivity contribution in [1.82, 2.24) is 5.32 Å². The highest BCUT2D eigenvalue weighted by atomic mass is 16.2. The van der Waals surface area contributed by atoms with E-state index in [1.807, 2.05) is 0 Å². The first-order valence-electron chi connectivity index (χ1n) is 5.14. The second kappa shape index (κ2) is 4.83. The molecule has 1 rings (SSSR count). The third-order valence-electron chi connectivity index (χ3n) is 2.97. The molecule has 1 saturated carbocycles. The van der Waals surface area contributed by atoms with Crippen LogP contribution in [0.1, 0.15) is 39.0 Å². The fourth-order valence-corrected chi connectivity index (χ4v) is 1.55. The Bertz CT molecular complexity index is 121. The molecule has 12 heavy (non-hydrogen) atoms. The Kier molecular flexibility index (Phi) is 4.02. The summed E-state index contributed by atoms with van der Waals surface area (Å²) in [5.74, 6) is 0. The Morgan fingerprint density at radius 2 is 2.08 bits per heavy atom. The lowest BCUT2D eigenvalue weighted by atomic mass is 10.0. The van der Waals surface area contributed by atoms with Crippen LogP contribution in [0.3, 0.4) is 0 Å². The monoisotopic (exact) mass is 171 g/mol. The molecule has 0 aromatic heterocycles. The third kappa shape index (κ3) is 3.11. The summed E-state index contributed by atoms with van der Waals surface area (Å²) in [7, 11) is 0. The SMILES string of the molecule is CCC1(CNCCCCO)CC1. The molecule has 1 fully saturated rings. The first kappa shape index (κ1) is 10.0. The smallest absolute Gasteiger partial charge is 0.0431 e. The molecule has 0 spiro atoms. The van der Waals surface area contributed by atoms with Crippen molar-refractivity contribution in [2.24, 2.45) is 5.41 Å². The molecule has 0 unspecified atom stereocenters. The molecule has 0 aromatic rings. The van der Waals surface area contributed by atoms with Crippen LogP contribution in [-0.4, -0.2) is 24.8 Å². The highest BCUT2D eigenvalue weighted by molar-refractivity contribution is 4.93. The van der Waals surface area contributed by atoms with Crippen LogP contribution in [0.5, 0.6) is 0 Å². The van der Waals surface area contributed by atoms with E-state index in [2.05, 4.69) is 12.2 Å². The summed E-state index contributed by atoms with van der Waals surface area (Å²) in [6, 6.07) is 0. The van der Waals surface area contributed by atoms with Gasteiger partial charge in [0, 0.05) is 13.2 Å². The molecule has 72 valence electrons. The molecule has 0 amide bonds. The van der Waals surface area contributed by atoms with Crippen LogP contribution in [0, 0.1) is 5.41 Å². The van der Waals surface area contributed by atoms with Gasteiger partial charge in [-0.25, -0.2) is 0 Å². The zero-order chi connectivity index (χ0) is 8.86. The Morgan fingerprint density at radius 3 is 2.58 bits per heavy atom. The standard InChI is InChI=1S/C10H21NO/c1-2-10(5-6-10)9-11-7-3-4-8-12/h11-12H,2-9H2,1H3. The summed E-state index contributed by atoms with van der Waals surface area (Å²) in [6.45, 7) is 4.88. The molecule has 0 bridgehead atoms. The van der Waals surface area contributed by atoms with E-state index >= 15 is 0 Å². The van der Waals surface area contributed by atoms with E-state index in [1.54, 1.807) is 0 Å². The van der Waals surface area contributed by atoms with E-state index in [0.29, 0.717) is 12.0 Å². The zero-order valence-corrected chi connectivity index (χ0v) is 8.10. The predicted molar refractivity (Wildman–Crippen MR) is 51.1 cm³/mol. The summed E-state index contributed by atoms with van der Waals surface area (Å²) >= 11 is 0. The van der Waals surface area contributed by atoms with Crippen LogP contribution in [0.4, 0.5) is 0 Å². The Morgan fingerprint density at radius 1 is 1.33 bits per heavy atom. The van der Waals surface area contributed by atoms with Gasteiger partial charge in [-0.05, 0) is 44.1 Å². The molecular weight excluding hydrogens is 150 g/mol. The number of unbranched alkanes of at least 4 members (excludes halogenated alkanes) is 1. The summed E-state index contributed by atoms with van der Waals surface area (Å²) in [5, 5.41) is 12.0. The number of nitrogens with one attached hydrogen (secondary N) is 1. The van der Waals surface area contributed by atoms with E-state index in [9.17, 15) is 0 Å². The minimum absolute atomic E-state index is 0.334. The van der Waals surface area contributed by atoms with E-state index in [-0.39, 0.29) is 0 Å². The van der Waals surface area contributed by atoms with Crippen molar-refractivity contribution >= 4 is 0 Å². The van der Waals surface area contributed by atoms with Gasteiger partial charge in [0.15, 0.2) is 0 Å². The molecule has 0 aromatic carbocycles. The van der Waals surface area contributed by atoms with Gasteiger partial charge in [0.2, 0.25) is 0 Å². The van der Waals surface area contributed by atoms with E-state index in [4.69, 9.17) is 5.11 Å². The molecule has 0 atom stereocenters. The molecule has 0 saturated heterocycles. The highest BCUT2D eigenvalue weighted by Crippen LogP contribution is 2.47. The van der Waals surface area contributed by atoms with Crippen molar-refractivity contribution in [1.29, 1.82) is 0 Å². The summed E-state index contributed by atoms with van der Waals surface area (Å²) in [5.41, 5.74) is 0.666. The molecule has 2 heteroatoms. The van der Waals surface area contributed by atoms with Gasteiger partial charge in [0.1, 0.15) is 0 Å². The van der Waals surface area contributed by atoms with Crippen molar-refractivity contribution in [2.45, 2.75) is 39.0 Å². The second-order valence-corrected chi connectivity index (χ2v) is 3.96. The molecule has 1 aliphatic carbocycles. The van der Waals surface area contributed by atoms with Gasteiger partial charge in [-0.15, -0.1) is 0 Å². The van der Waals surface area contributed by atoms with Gasteiger partial charge in [-0.3, -0.25) is 0 Å². The Balaban J connectivity index is 1.89. The minimum Gasteiger partial charge on any atom is -0.396 e. The first-order valence-corrected chi connectivity index (χ1v) is 5.14. The molecule has 0 radical (unpaired) electrons. The number of hydrogen-bond acceptors (Lipinski definition) is 2. The quantitative estimate of drug-likeness (QED) is 0.569. The molecule has 2 nitrogen and oxygen atoms in total. The van der Waals surface area contributed by atoms with Gasteiger partial charge >= 0.3 is 0 Å². The number of aliphatic hydroxyl groups is 1. The van der Waals surface area contributed by atoms with Gasteiger partial charge in [-0.1, -0.05) is 6.92 Å². The maximum absolute atomic E-state index is 8.56. The van der Waals surface area contributed by atoms with Crippen molar-refractivity contribution in [3.8, 4) is 0 Å². The van der Waals surface area contributed by atoms with Crippen molar-refractivity contribution in [2.75, 3.05) is 19.7 Å².